The van der Waals surface area contributed by atoms with Crippen molar-refractivity contribution >= 4 is 10.9 Å². The highest BCUT2D eigenvalue weighted by Crippen LogP contribution is 2.48. The van der Waals surface area contributed by atoms with Crippen LogP contribution in [0.1, 0.15) is 48.4 Å². The number of H-pyrrole nitrogens is 1. The third-order valence-corrected chi connectivity index (χ3v) is 9.47. The molecule has 1 fully saturated rings. The first kappa shape index (κ1) is 35.9. The van der Waals surface area contributed by atoms with Gasteiger partial charge in [0.1, 0.15) is 30.5 Å². The molecule has 0 aliphatic heterocycles. The number of aromatic nitrogens is 1. The minimum absolute atomic E-state index is 0.124. The lowest BCUT2D eigenvalue weighted by atomic mass is 9.70. The van der Waals surface area contributed by atoms with Crippen LogP contribution in [0.25, 0.3) is 10.9 Å². The normalized spacial score (nSPS) is 23.7. The Morgan fingerprint density at radius 2 is 1.18 bits per heavy atom. The summed E-state index contributed by atoms with van der Waals surface area (Å²) in [6, 6.07) is 38.0. The molecule has 264 valence electrons. The molecule has 50 heavy (non-hydrogen) atoms. The molecule has 0 spiro atoms. The lowest BCUT2D eigenvalue weighted by Crippen LogP contribution is -2.71. The Morgan fingerprint density at radius 1 is 0.620 bits per heavy atom. The van der Waals surface area contributed by atoms with E-state index in [1.807, 2.05) is 128 Å². The van der Waals surface area contributed by atoms with Gasteiger partial charge in [0.05, 0.1) is 19.8 Å². The number of para-hydroxylation sites is 1. The maximum Gasteiger partial charge on any atom is 0.152 e. The molecule has 1 heterocycles. The fraction of sp³-hybridized carbons (Fsp3) is 0.381. The van der Waals surface area contributed by atoms with Gasteiger partial charge in [-0.05, 0) is 48.9 Å². The van der Waals surface area contributed by atoms with Crippen molar-refractivity contribution in [2.75, 3.05) is 19.8 Å². The van der Waals surface area contributed by atoms with E-state index in [0.29, 0.717) is 26.1 Å². The first-order valence-corrected chi connectivity index (χ1v) is 17.7. The highest BCUT2D eigenvalue weighted by Gasteiger charge is 2.64. The molecule has 6 rings (SSSR count). The fourth-order valence-electron chi connectivity index (χ4n) is 7.07. The van der Waals surface area contributed by atoms with Crippen molar-refractivity contribution in [3.05, 3.63) is 144 Å². The van der Waals surface area contributed by atoms with Gasteiger partial charge in [-0.15, -0.1) is 0 Å². The van der Waals surface area contributed by atoms with Crippen LogP contribution in [0.15, 0.2) is 121 Å². The zero-order chi connectivity index (χ0) is 34.6. The van der Waals surface area contributed by atoms with E-state index >= 15 is 0 Å². The molecular weight excluding hydrogens is 630 g/mol. The minimum Gasteiger partial charge on any atom is -0.396 e. The molecule has 1 aromatic heterocycles. The van der Waals surface area contributed by atoms with Gasteiger partial charge in [-0.1, -0.05) is 109 Å². The SMILES string of the molecule is CCOC1(c2c[nH]c3ccccc23)C(O)C(OCCCCCO)C(OCc2ccccc2)C(OCc2ccccc2)C1OCc1ccccc1. The molecule has 1 aliphatic carbocycles. The summed E-state index contributed by atoms with van der Waals surface area (Å²) < 4.78 is 34.2. The predicted molar refractivity (Wildman–Crippen MR) is 193 cm³/mol. The van der Waals surface area contributed by atoms with Gasteiger partial charge < -0.3 is 38.9 Å². The highest BCUT2D eigenvalue weighted by atomic mass is 16.6. The quantitative estimate of drug-likeness (QED) is 0.0852. The summed E-state index contributed by atoms with van der Waals surface area (Å²) in [6.07, 6.45) is -0.224. The van der Waals surface area contributed by atoms with Gasteiger partial charge >= 0.3 is 0 Å². The third-order valence-electron chi connectivity index (χ3n) is 9.47. The van der Waals surface area contributed by atoms with Crippen LogP contribution < -0.4 is 0 Å². The molecule has 0 amide bonds. The Balaban J connectivity index is 1.48. The molecule has 6 atom stereocenters. The largest absolute Gasteiger partial charge is 0.396 e. The zero-order valence-electron chi connectivity index (χ0n) is 28.7. The van der Waals surface area contributed by atoms with Crippen molar-refractivity contribution in [2.24, 2.45) is 0 Å². The van der Waals surface area contributed by atoms with Crippen LogP contribution in [-0.2, 0) is 49.1 Å². The lowest BCUT2D eigenvalue weighted by Gasteiger charge is -2.55. The first-order valence-electron chi connectivity index (χ1n) is 17.7. The van der Waals surface area contributed by atoms with Crippen LogP contribution >= 0.6 is 0 Å². The number of nitrogens with one attached hydrogen (secondary N) is 1. The summed E-state index contributed by atoms with van der Waals surface area (Å²) in [5.41, 5.74) is 3.25. The number of aliphatic hydroxyl groups excluding tert-OH is 2. The number of aromatic amines is 1. The van der Waals surface area contributed by atoms with Crippen molar-refractivity contribution in [1.29, 1.82) is 0 Å². The number of benzene rings is 4. The standard InChI is InChI=1S/C42H49NO7/c1-2-50-42(35-27-43-36-24-14-13-23-34(35)36)40(45)38(46-26-16-6-15-25-44)37(47-28-31-17-7-3-8-18-31)39(48-29-32-19-9-4-10-20-32)41(42)49-30-33-21-11-5-12-22-33/h3-5,7-14,17-24,27,37-41,43-45H,2,6,15-16,25-26,28-30H2,1H3. The minimum atomic E-state index is -1.41. The van der Waals surface area contributed by atoms with E-state index in [0.717, 1.165) is 39.6 Å². The van der Waals surface area contributed by atoms with Gasteiger partial charge in [0, 0.05) is 42.5 Å². The molecular formula is C42H49NO7. The Labute approximate surface area is 294 Å². The predicted octanol–water partition coefficient (Wildman–Crippen LogP) is 7.08. The Morgan fingerprint density at radius 3 is 1.78 bits per heavy atom. The lowest BCUT2D eigenvalue weighted by molar-refractivity contribution is -0.321. The summed E-state index contributed by atoms with van der Waals surface area (Å²) in [5, 5.41) is 23.2. The van der Waals surface area contributed by atoms with E-state index in [2.05, 4.69) is 4.98 Å². The van der Waals surface area contributed by atoms with Gasteiger partial charge in [0.25, 0.3) is 0 Å². The fourth-order valence-corrected chi connectivity index (χ4v) is 7.07. The van der Waals surface area contributed by atoms with Crippen LogP contribution in [0.4, 0.5) is 0 Å². The molecule has 0 bridgehead atoms. The zero-order valence-corrected chi connectivity index (χ0v) is 28.7. The van der Waals surface area contributed by atoms with Gasteiger partial charge in [-0.25, -0.2) is 0 Å². The average molecular weight is 680 g/mol. The van der Waals surface area contributed by atoms with Crippen LogP contribution in [-0.4, -0.2) is 65.5 Å². The molecule has 6 unspecified atom stereocenters. The summed E-state index contributed by atoms with van der Waals surface area (Å²) in [5.74, 6) is 0. The monoisotopic (exact) mass is 679 g/mol. The number of rotatable bonds is 18. The van der Waals surface area contributed by atoms with Gasteiger partial charge in [0.2, 0.25) is 0 Å². The molecule has 8 nitrogen and oxygen atoms in total. The topological polar surface area (TPSA) is 102 Å². The summed E-state index contributed by atoms with van der Waals surface area (Å²) in [7, 11) is 0. The second-order valence-corrected chi connectivity index (χ2v) is 12.8. The van der Waals surface area contributed by atoms with Crippen molar-refractivity contribution in [2.45, 2.75) is 82.1 Å². The first-order chi connectivity index (χ1) is 24.7. The van der Waals surface area contributed by atoms with Crippen LogP contribution in [0, 0.1) is 0 Å². The second kappa shape index (κ2) is 17.9. The maximum absolute atomic E-state index is 12.9. The Kier molecular flexibility index (Phi) is 12.9. The molecule has 0 saturated heterocycles. The second-order valence-electron chi connectivity index (χ2n) is 12.8. The van der Waals surface area contributed by atoms with E-state index < -0.39 is 36.1 Å². The third kappa shape index (κ3) is 8.19. The van der Waals surface area contributed by atoms with Crippen molar-refractivity contribution in [3.63, 3.8) is 0 Å². The van der Waals surface area contributed by atoms with Gasteiger partial charge in [-0.2, -0.15) is 0 Å². The van der Waals surface area contributed by atoms with E-state index in [1.165, 1.54) is 0 Å². The van der Waals surface area contributed by atoms with E-state index in [1.54, 1.807) is 0 Å². The van der Waals surface area contributed by atoms with Crippen molar-refractivity contribution in [3.8, 4) is 0 Å². The van der Waals surface area contributed by atoms with Crippen molar-refractivity contribution in [1.82, 2.24) is 4.98 Å². The number of unbranched alkanes of at least 4 members (excludes halogenated alkanes) is 2. The van der Waals surface area contributed by atoms with Crippen LogP contribution in [0.5, 0.6) is 0 Å². The number of hydrogen-bond acceptors (Lipinski definition) is 7. The highest BCUT2D eigenvalue weighted by molar-refractivity contribution is 5.84. The number of hydrogen-bond donors (Lipinski definition) is 3. The number of aliphatic hydroxyl groups is 2. The molecule has 4 aromatic carbocycles. The average Bonchev–Trinajstić information content (AvgIpc) is 3.60. The van der Waals surface area contributed by atoms with E-state index in [-0.39, 0.29) is 26.4 Å². The Hall–Kier alpha value is -3.86. The van der Waals surface area contributed by atoms with Crippen LogP contribution in [0.2, 0.25) is 0 Å². The van der Waals surface area contributed by atoms with Gasteiger partial charge in [0.15, 0.2) is 5.60 Å². The molecule has 1 aliphatic rings. The Bertz CT molecular complexity index is 1700. The molecule has 1 saturated carbocycles. The number of fused-ring (bicyclic) bond motifs is 1. The number of ether oxygens (including phenoxy) is 5. The molecule has 0 radical (unpaired) electrons. The molecule has 8 heteroatoms. The van der Waals surface area contributed by atoms with Gasteiger partial charge in [-0.3, -0.25) is 0 Å². The maximum atomic E-state index is 12.9. The molecule has 5 aromatic rings. The van der Waals surface area contributed by atoms with E-state index in [9.17, 15) is 10.2 Å². The summed E-state index contributed by atoms with van der Waals surface area (Å²) in [4.78, 5) is 3.41. The van der Waals surface area contributed by atoms with E-state index in [4.69, 9.17) is 23.7 Å². The summed E-state index contributed by atoms with van der Waals surface area (Å²) in [6.45, 7) is 3.55. The summed E-state index contributed by atoms with van der Waals surface area (Å²) >= 11 is 0. The van der Waals surface area contributed by atoms with Crippen molar-refractivity contribution < 1.29 is 33.9 Å². The smallest absolute Gasteiger partial charge is 0.152 e. The molecule has 3 N–H and O–H groups in total. The van der Waals surface area contributed by atoms with Crippen LogP contribution in [0.3, 0.4) is 0 Å².